The van der Waals surface area contributed by atoms with E-state index in [-0.39, 0.29) is 13.2 Å². The molecule has 3 aromatic carbocycles. The zero-order chi connectivity index (χ0) is 14.9. The fourth-order valence-corrected chi connectivity index (χ4v) is 2.98. The first kappa shape index (κ1) is 13.6. The van der Waals surface area contributed by atoms with E-state index in [1.54, 1.807) is 0 Å². The highest BCUT2D eigenvalue weighted by Crippen LogP contribution is 2.28. The molecule has 108 valence electrons. The topological polar surface area (TPSA) is 18.5 Å². The van der Waals surface area contributed by atoms with Gasteiger partial charge in [-0.05, 0) is 34.3 Å². The van der Waals surface area contributed by atoms with E-state index < -0.39 is 0 Å². The molecule has 22 heavy (non-hydrogen) atoms. The molecule has 1 atom stereocenters. The molecule has 1 aliphatic heterocycles. The second kappa shape index (κ2) is 5.60. The van der Waals surface area contributed by atoms with Crippen LogP contribution in [0.15, 0.2) is 66.7 Å². The SMILES string of the molecule is CC1COB(c2ccc(-c3cccc4ccccc34)cc2)O1. The molecule has 0 radical (unpaired) electrons. The number of hydrogen-bond acceptors (Lipinski definition) is 2. The average molecular weight is 288 g/mol. The maximum absolute atomic E-state index is 5.74. The summed E-state index contributed by atoms with van der Waals surface area (Å²) in [5.74, 6) is 0. The minimum Gasteiger partial charge on any atom is -0.405 e. The number of benzene rings is 3. The molecule has 3 aromatic rings. The molecule has 0 amide bonds. The second-order valence-corrected chi connectivity index (χ2v) is 5.76. The Hall–Kier alpha value is -2.10. The third-order valence-corrected chi connectivity index (χ3v) is 4.12. The molecule has 0 aromatic heterocycles. The van der Waals surface area contributed by atoms with Crippen molar-refractivity contribution in [1.29, 1.82) is 0 Å². The first-order valence-corrected chi connectivity index (χ1v) is 7.66. The molecular weight excluding hydrogens is 271 g/mol. The first-order valence-electron chi connectivity index (χ1n) is 7.66. The lowest BCUT2D eigenvalue weighted by atomic mass is 9.79. The molecule has 0 saturated carbocycles. The molecule has 2 nitrogen and oxygen atoms in total. The van der Waals surface area contributed by atoms with Crippen LogP contribution in [0.3, 0.4) is 0 Å². The first-order chi connectivity index (χ1) is 10.8. The minimum atomic E-state index is -0.225. The Kier molecular flexibility index (Phi) is 3.45. The van der Waals surface area contributed by atoms with Gasteiger partial charge in [0.05, 0.1) is 12.7 Å². The Morgan fingerprint density at radius 2 is 1.68 bits per heavy atom. The molecule has 0 spiro atoms. The van der Waals surface area contributed by atoms with Crippen LogP contribution in [0.1, 0.15) is 6.92 Å². The van der Waals surface area contributed by atoms with Crippen molar-refractivity contribution in [3.8, 4) is 11.1 Å². The van der Waals surface area contributed by atoms with Crippen molar-refractivity contribution >= 4 is 23.4 Å². The third-order valence-electron chi connectivity index (χ3n) is 4.12. The maximum Gasteiger partial charge on any atom is 0.494 e. The number of hydrogen-bond donors (Lipinski definition) is 0. The average Bonchev–Trinajstić information content (AvgIpc) is 3.01. The van der Waals surface area contributed by atoms with Gasteiger partial charge in [0, 0.05) is 0 Å². The van der Waals surface area contributed by atoms with Crippen LogP contribution >= 0.6 is 0 Å². The van der Waals surface area contributed by atoms with Gasteiger partial charge in [-0.15, -0.1) is 0 Å². The molecule has 0 bridgehead atoms. The van der Waals surface area contributed by atoms with E-state index in [4.69, 9.17) is 9.31 Å². The zero-order valence-electron chi connectivity index (χ0n) is 12.5. The summed E-state index contributed by atoms with van der Waals surface area (Å²) in [5, 5.41) is 2.54. The van der Waals surface area contributed by atoms with Gasteiger partial charge in [0.2, 0.25) is 0 Å². The van der Waals surface area contributed by atoms with Gasteiger partial charge >= 0.3 is 7.12 Å². The Labute approximate surface area is 130 Å². The summed E-state index contributed by atoms with van der Waals surface area (Å²) in [6.07, 6.45) is 0.169. The Morgan fingerprint density at radius 3 is 2.45 bits per heavy atom. The van der Waals surface area contributed by atoms with Crippen LogP contribution in [0, 0.1) is 0 Å². The second-order valence-electron chi connectivity index (χ2n) is 5.76. The smallest absolute Gasteiger partial charge is 0.405 e. The molecule has 3 heteroatoms. The van der Waals surface area contributed by atoms with Crippen LogP contribution in [0.2, 0.25) is 0 Å². The minimum absolute atomic E-state index is 0.169. The van der Waals surface area contributed by atoms with E-state index >= 15 is 0 Å². The largest absolute Gasteiger partial charge is 0.494 e. The van der Waals surface area contributed by atoms with Crippen LogP contribution in [-0.4, -0.2) is 19.8 Å². The van der Waals surface area contributed by atoms with Crippen molar-refractivity contribution in [2.24, 2.45) is 0 Å². The maximum atomic E-state index is 5.74. The highest BCUT2D eigenvalue weighted by atomic mass is 16.6. The predicted octanol–water partition coefficient (Wildman–Crippen LogP) is 3.64. The summed E-state index contributed by atoms with van der Waals surface area (Å²) in [6, 6.07) is 23.4. The van der Waals surface area contributed by atoms with Crippen LogP contribution in [0.25, 0.3) is 21.9 Å². The predicted molar refractivity (Wildman–Crippen MR) is 91.3 cm³/mol. The normalized spacial score (nSPS) is 18.0. The van der Waals surface area contributed by atoms with Crippen LogP contribution in [0.5, 0.6) is 0 Å². The molecule has 4 rings (SSSR count). The van der Waals surface area contributed by atoms with Crippen LogP contribution in [0.4, 0.5) is 0 Å². The van der Waals surface area contributed by atoms with Crippen LogP contribution in [-0.2, 0) is 9.31 Å². The van der Waals surface area contributed by atoms with Crippen molar-refractivity contribution in [3.05, 3.63) is 66.7 Å². The van der Waals surface area contributed by atoms with E-state index in [2.05, 4.69) is 66.7 Å². The van der Waals surface area contributed by atoms with Crippen molar-refractivity contribution in [2.75, 3.05) is 6.61 Å². The van der Waals surface area contributed by atoms with Crippen molar-refractivity contribution in [1.82, 2.24) is 0 Å². The van der Waals surface area contributed by atoms with Gasteiger partial charge in [-0.25, -0.2) is 0 Å². The van der Waals surface area contributed by atoms with E-state index in [9.17, 15) is 0 Å². The molecule has 1 heterocycles. The summed E-state index contributed by atoms with van der Waals surface area (Å²) in [4.78, 5) is 0. The van der Waals surface area contributed by atoms with Gasteiger partial charge in [0.15, 0.2) is 0 Å². The van der Waals surface area contributed by atoms with E-state index in [1.165, 1.54) is 21.9 Å². The Balaban J connectivity index is 1.70. The van der Waals surface area contributed by atoms with Gasteiger partial charge in [-0.3, -0.25) is 0 Å². The van der Waals surface area contributed by atoms with Gasteiger partial charge in [0.1, 0.15) is 0 Å². The standard InChI is InChI=1S/C19H17BO2/c1-14-13-21-20(22-14)17-11-9-16(10-12-17)19-8-4-6-15-5-2-3-7-18(15)19/h2-12,14H,13H2,1H3. The summed E-state index contributed by atoms with van der Waals surface area (Å²) in [5.41, 5.74) is 3.55. The molecule has 1 fully saturated rings. The lowest BCUT2D eigenvalue weighted by Gasteiger charge is -2.09. The zero-order valence-corrected chi connectivity index (χ0v) is 12.5. The molecule has 1 unspecified atom stereocenters. The summed E-state index contributed by atoms with van der Waals surface area (Å²) in [7, 11) is -0.225. The van der Waals surface area contributed by atoms with Gasteiger partial charge in [0.25, 0.3) is 0 Å². The van der Waals surface area contributed by atoms with Crippen molar-refractivity contribution < 1.29 is 9.31 Å². The fraction of sp³-hybridized carbons (Fsp3) is 0.158. The molecule has 0 aliphatic carbocycles. The van der Waals surface area contributed by atoms with Crippen LogP contribution < -0.4 is 5.46 Å². The number of fused-ring (bicyclic) bond motifs is 1. The van der Waals surface area contributed by atoms with Crippen molar-refractivity contribution in [3.63, 3.8) is 0 Å². The highest BCUT2D eigenvalue weighted by Gasteiger charge is 2.30. The van der Waals surface area contributed by atoms with E-state index in [0.717, 1.165) is 5.46 Å². The van der Waals surface area contributed by atoms with Gasteiger partial charge in [-0.2, -0.15) is 0 Å². The molecule has 0 N–H and O–H groups in total. The van der Waals surface area contributed by atoms with Gasteiger partial charge < -0.3 is 9.31 Å². The summed E-state index contributed by atoms with van der Waals surface area (Å²) in [6.45, 7) is 2.69. The Morgan fingerprint density at radius 1 is 0.909 bits per heavy atom. The van der Waals surface area contributed by atoms with Gasteiger partial charge in [-0.1, -0.05) is 66.7 Å². The third kappa shape index (κ3) is 2.43. The number of rotatable bonds is 2. The quantitative estimate of drug-likeness (QED) is 0.670. The fourth-order valence-electron chi connectivity index (χ4n) is 2.98. The summed E-state index contributed by atoms with van der Waals surface area (Å²) >= 11 is 0. The lowest BCUT2D eigenvalue weighted by Crippen LogP contribution is -2.31. The summed E-state index contributed by atoms with van der Waals surface area (Å²) < 4.78 is 11.4. The highest BCUT2D eigenvalue weighted by molar-refractivity contribution is 6.61. The van der Waals surface area contributed by atoms with Crippen molar-refractivity contribution in [2.45, 2.75) is 13.0 Å². The molecular formula is C19H17BO2. The lowest BCUT2D eigenvalue weighted by molar-refractivity contribution is 0.258. The Bertz CT molecular complexity index is 793. The van der Waals surface area contributed by atoms with E-state index in [0.29, 0.717) is 6.61 Å². The monoisotopic (exact) mass is 288 g/mol. The molecule has 1 aliphatic rings. The van der Waals surface area contributed by atoms with E-state index in [1.807, 2.05) is 6.92 Å². The molecule has 1 saturated heterocycles.